The summed E-state index contributed by atoms with van der Waals surface area (Å²) >= 11 is 7.23. The first kappa shape index (κ1) is 21.7. The molecule has 1 aromatic carbocycles. The lowest BCUT2D eigenvalue weighted by Gasteiger charge is -2.14. The minimum atomic E-state index is -1.11. The van der Waals surface area contributed by atoms with E-state index >= 15 is 0 Å². The number of aromatic carboxylic acids is 1. The van der Waals surface area contributed by atoms with E-state index in [1.807, 2.05) is 6.07 Å². The number of amides is 1. The van der Waals surface area contributed by atoms with Gasteiger partial charge in [0.1, 0.15) is 11.1 Å². The first-order chi connectivity index (χ1) is 13.2. The molecule has 2 aromatic rings. The number of anilines is 1. The number of hydrogen-bond acceptors (Lipinski definition) is 5. The van der Waals surface area contributed by atoms with Crippen molar-refractivity contribution in [1.82, 2.24) is 4.98 Å². The summed E-state index contributed by atoms with van der Waals surface area (Å²) < 4.78 is 0. The zero-order valence-corrected chi connectivity index (χ0v) is 17.3. The Hall–Kier alpha value is -2.56. The largest absolute Gasteiger partial charge is 0.478 e. The van der Waals surface area contributed by atoms with Crippen molar-refractivity contribution in [3.63, 3.8) is 0 Å². The van der Waals surface area contributed by atoms with Crippen molar-refractivity contribution in [3.05, 3.63) is 52.2 Å². The number of nitriles is 1. The Morgan fingerprint density at radius 3 is 2.61 bits per heavy atom. The summed E-state index contributed by atoms with van der Waals surface area (Å²) in [5, 5.41) is 21.2. The van der Waals surface area contributed by atoms with E-state index in [0.717, 1.165) is 12.1 Å². The van der Waals surface area contributed by atoms with E-state index in [2.05, 4.69) is 30.2 Å². The number of nitrogens with zero attached hydrogens (tertiary/aromatic N) is 2. The second kappa shape index (κ2) is 9.58. The quantitative estimate of drug-likeness (QED) is 0.637. The normalized spacial score (nSPS) is 11.7. The third kappa shape index (κ3) is 5.72. The highest BCUT2D eigenvalue weighted by Crippen LogP contribution is 2.28. The van der Waals surface area contributed by atoms with Crippen LogP contribution in [0.5, 0.6) is 0 Å². The fourth-order valence-electron chi connectivity index (χ4n) is 2.40. The molecule has 0 aliphatic rings. The lowest BCUT2D eigenvalue weighted by Crippen LogP contribution is -2.23. The Kier molecular flexibility index (Phi) is 7.44. The van der Waals surface area contributed by atoms with Gasteiger partial charge in [0.15, 0.2) is 0 Å². The van der Waals surface area contributed by atoms with Crippen molar-refractivity contribution in [3.8, 4) is 6.07 Å². The number of carboxylic acids is 1. The van der Waals surface area contributed by atoms with E-state index in [4.69, 9.17) is 16.7 Å². The number of halogens is 1. The van der Waals surface area contributed by atoms with Crippen molar-refractivity contribution >= 4 is 40.9 Å². The van der Waals surface area contributed by atoms with Gasteiger partial charge < -0.3 is 10.4 Å². The summed E-state index contributed by atoms with van der Waals surface area (Å²) in [6, 6.07) is 9.73. The van der Waals surface area contributed by atoms with Crippen LogP contribution >= 0.6 is 23.4 Å². The van der Waals surface area contributed by atoms with Crippen molar-refractivity contribution in [2.45, 2.75) is 37.5 Å². The van der Waals surface area contributed by atoms with Gasteiger partial charge in [0.2, 0.25) is 5.91 Å². The smallest absolute Gasteiger partial charge is 0.335 e. The van der Waals surface area contributed by atoms with Crippen LogP contribution in [-0.2, 0) is 11.2 Å². The number of benzene rings is 1. The standard InChI is InChI=1S/C20H20ClN3O3S/c1-11(2)8-15-6-4-14(10-22)19(23-15)28-12(3)18(25)24-17-9-13(20(26)27)5-7-16(17)21/h4-7,9,11-12H,8H2,1-3H3,(H,24,25)(H,26,27). The third-order valence-electron chi connectivity index (χ3n) is 3.78. The molecule has 146 valence electrons. The second-order valence-electron chi connectivity index (χ2n) is 6.61. The Morgan fingerprint density at radius 1 is 1.29 bits per heavy atom. The second-order valence-corrected chi connectivity index (χ2v) is 8.35. The van der Waals surface area contributed by atoms with Crippen LogP contribution in [-0.4, -0.2) is 27.2 Å². The van der Waals surface area contributed by atoms with E-state index < -0.39 is 11.2 Å². The van der Waals surface area contributed by atoms with Gasteiger partial charge in [-0.2, -0.15) is 5.26 Å². The van der Waals surface area contributed by atoms with Gasteiger partial charge in [-0.25, -0.2) is 9.78 Å². The van der Waals surface area contributed by atoms with Crippen LogP contribution in [0, 0.1) is 17.2 Å². The molecular weight excluding hydrogens is 398 g/mol. The number of carboxylic acid groups (broad SMARTS) is 1. The molecule has 1 aromatic heterocycles. The predicted octanol–water partition coefficient (Wildman–Crippen LogP) is 4.62. The Bertz CT molecular complexity index is 941. The third-order valence-corrected chi connectivity index (χ3v) is 5.22. The van der Waals surface area contributed by atoms with E-state index in [1.165, 1.54) is 30.0 Å². The minimum absolute atomic E-state index is 0.0230. The average molecular weight is 418 g/mol. The number of hydrogen-bond donors (Lipinski definition) is 2. The summed E-state index contributed by atoms with van der Waals surface area (Å²) in [6.07, 6.45) is 0.775. The fraction of sp³-hybridized carbons (Fsp3) is 0.300. The average Bonchev–Trinajstić information content (AvgIpc) is 2.63. The molecule has 1 atom stereocenters. The topological polar surface area (TPSA) is 103 Å². The van der Waals surface area contributed by atoms with Crippen LogP contribution in [0.1, 0.15) is 42.4 Å². The number of rotatable bonds is 7. The minimum Gasteiger partial charge on any atom is -0.478 e. The molecule has 0 radical (unpaired) electrons. The monoisotopic (exact) mass is 417 g/mol. The van der Waals surface area contributed by atoms with Gasteiger partial charge in [-0.15, -0.1) is 0 Å². The molecule has 8 heteroatoms. The van der Waals surface area contributed by atoms with Gasteiger partial charge in [-0.3, -0.25) is 4.79 Å². The molecular formula is C20H20ClN3O3S. The maximum absolute atomic E-state index is 12.6. The van der Waals surface area contributed by atoms with Crippen LogP contribution < -0.4 is 5.32 Å². The number of aromatic nitrogens is 1. The first-order valence-electron chi connectivity index (χ1n) is 8.61. The highest BCUT2D eigenvalue weighted by atomic mass is 35.5. The molecule has 0 aliphatic carbocycles. The molecule has 0 saturated carbocycles. The fourth-order valence-corrected chi connectivity index (χ4v) is 3.47. The number of carbonyl (C=O) groups is 2. The lowest BCUT2D eigenvalue weighted by atomic mass is 10.1. The van der Waals surface area contributed by atoms with Crippen molar-refractivity contribution in [2.24, 2.45) is 5.92 Å². The predicted molar refractivity (Wildman–Crippen MR) is 110 cm³/mol. The molecule has 1 heterocycles. The van der Waals surface area contributed by atoms with Crippen molar-refractivity contribution in [1.29, 1.82) is 5.26 Å². The van der Waals surface area contributed by atoms with Crippen LogP contribution in [0.2, 0.25) is 5.02 Å². The van der Waals surface area contributed by atoms with Crippen LogP contribution in [0.3, 0.4) is 0 Å². The van der Waals surface area contributed by atoms with Crippen LogP contribution in [0.25, 0.3) is 0 Å². The molecule has 0 bridgehead atoms. The highest BCUT2D eigenvalue weighted by Gasteiger charge is 2.19. The summed E-state index contributed by atoms with van der Waals surface area (Å²) in [5.41, 5.74) is 1.51. The molecule has 0 aliphatic heterocycles. The SMILES string of the molecule is CC(C)Cc1ccc(C#N)c(SC(C)C(=O)Nc2cc(C(=O)O)ccc2Cl)n1. The molecule has 1 amide bonds. The summed E-state index contributed by atoms with van der Waals surface area (Å²) in [5.74, 6) is -1.06. The van der Waals surface area contributed by atoms with Crippen molar-refractivity contribution in [2.75, 3.05) is 5.32 Å². The van der Waals surface area contributed by atoms with Gasteiger partial charge in [-0.05, 0) is 49.6 Å². The molecule has 1 unspecified atom stereocenters. The highest BCUT2D eigenvalue weighted by molar-refractivity contribution is 8.00. The zero-order valence-electron chi connectivity index (χ0n) is 15.7. The maximum atomic E-state index is 12.6. The van der Waals surface area contributed by atoms with Gasteiger partial charge in [0, 0.05) is 5.69 Å². The van der Waals surface area contributed by atoms with Gasteiger partial charge in [-0.1, -0.05) is 37.2 Å². The number of thioether (sulfide) groups is 1. The molecule has 2 rings (SSSR count). The molecule has 6 nitrogen and oxygen atoms in total. The van der Waals surface area contributed by atoms with E-state index in [9.17, 15) is 14.9 Å². The van der Waals surface area contributed by atoms with Crippen LogP contribution in [0.15, 0.2) is 35.4 Å². The summed E-state index contributed by atoms with van der Waals surface area (Å²) in [7, 11) is 0. The van der Waals surface area contributed by atoms with Gasteiger partial charge >= 0.3 is 5.97 Å². The molecule has 0 spiro atoms. The molecule has 0 saturated heterocycles. The molecule has 2 N–H and O–H groups in total. The number of carbonyl (C=O) groups excluding carboxylic acids is 1. The van der Waals surface area contributed by atoms with E-state index in [0.29, 0.717) is 16.5 Å². The summed E-state index contributed by atoms with van der Waals surface area (Å²) in [4.78, 5) is 28.2. The van der Waals surface area contributed by atoms with Crippen LogP contribution in [0.4, 0.5) is 5.69 Å². The van der Waals surface area contributed by atoms with Gasteiger partial charge in [0.25, 0.3) is 0 Å². The Balaban J connectivity index is 2.18. The zero-order chi connectivity index (χ0) is 20.8. The summed E-state index contributed by atoms with van der Waals surface area (Å²) in [6.45, 7) is 5.85. The molecule has 0 fully saturated rings. The Labute approximate surface area is 172 Å². The van der Waals surface area contributed by atoms with E-state index in [-0.39, 0.29) is 22.2 Å². The maximum Gasteiger partial charge on any atom is 0.335 e. The van der Waals surface area contributed by atoms with Crippen molar-refractivity contribution < 1.29 is 14.7 Å². The van der Waals surface area contributed by atoms with E-state index in [1.54, 1.807) is 13.0 Å². The number of nitrogens with one attached hydrogen (secondary N) is 1. The Morgan fingerprint density at radius 2 is 2.00 bits per heavy atom. The van der Waals surface area contributed by atoms with Gasteiger partial charge in [0.05, 0.1) is 27.1 Å². The lowest BCUT2D eigenvalue weighted by molar-refractivity contribution is -0.115. The first-order valence-corrected chi connectivity index (χ1v) is 9.87. The molecule has 28 heavy (non-hydrogen) atoms. The number of pyridine rings is 1.